The second kappa shape index (κ2) is 16.3. The van der Waals surface area contributed by atoms with Gasteiger partial charge in [0, 0.05) is 17.7 Å². The summed E-state index contributed by atoms with van der Waals surface area (Å²) in [5.74, 6) is -3.66. The van der Waals surface area contributed by atoms with Crippen molar-refractivity contribution in [3.8, 4) is 40.1 Å². The Kier molecular flexibility index (Phi) is 12.0. The lowest BCUT2D eigenvalue weighted by Crippen LogP contribution is -2.63. The predicted molar refractivity (Wildman–Crippen MR) is 174 cm³/mol. The Balaban J connectivity index is 1.20. The fourth-order valence-electron chi connectivity index (χ4n) is 6.27. The maximum Gasteiger partial charge on any atom is 0.239 e. The van der Waals surface area contributed by atoms with Crippen LogP contribution in [0.3, 0.4) is 0 Å². The number of phenolic OH excluding ortho intramolecular Hbond substituents is 4. The predicted octanol–water partition coefficient (Wildman–Crippen LogP) is -4.89. The van der Waals surface area contributed by atoms with E-state index in [0.29, 0.717) is 0 Å². The summed E-state index contributed by atoms with van der Waals surface area (Å²) in [7, 11) is 0. The van der Waals surface area contributed by atoms with Crippen LogP contribution >= 0.6 is 0 Å². The molecule has 22 heteroatoms. The number of phenols is 4. The van der Waals surface area contributed by atoms with Gasteiger partial charge in [-0.3, -0.25) is 4.79 Å². The number of aliphatic hydroxyl groups is 10. The summed E-state index contributed by atoms with van der Waals surface area (Å²) in [5, 5.41) is 143. The molecule has 14 N–H and O–H groups in total. The molecule has 3 aliphatic heterocycles. The van der Waals surface area contributed by atoms with Crippen LogP contribution in [0.1, 0.15) is 0 Å². The first-order chi connectivity index (χ1) is 26.0. The zero-order valence-electron chi connectivity index (χ0n) is 28.2. The zero-order chi connectivity index (χ0) is 40.0. The third-order valence-corrected chi connectivity index (χ3v) is 9.42. The third-order valence-electron chi connectivity index (χ3n) is 9.42. The number of rotatable bonds is 10. The van der Waals surface area contributed by atoms with E-state index < -0.39 is 157 Å². The molecule has 0 amide bonds. The van der Waals surface area contributed by atoms with Gasteiger partial charge >= 0.3 is 0 Å². The van der Waals surface area contributed by atoms with Gasteiger partial charge in [-0.2, -0.15) is 0 Å². The molecule has 0 unspecified atom stereocenters. The van der Waals surface area contributed by atoms with Crippen LogP contribution in [0.15, 0.2) is 39.5 Å². The molecule has 0 spiro atoms. The van der Waals surface area contributed by atoms with Gasteiger partial charge in [0.25, 0.3) is 0 Å². The van der Waals surface area contributed by atoms with Crippen LogP contribution in [0, 0.1) is 0 Å². The van der Waals surface area contributed by atoms with Gasteiger partial charge in [0.2, 0.25) is 17.5 Å². The lowest BCUT2D eigenvalue weighted by molar-refractivity contribution is -0.339. The largest absolute Gasteiger partial charge is 0.508 e. The lowest BCUT2D eigenvalue weighted by Gasteiger charge is -2.43. The fourth-order valence-corrected chi connectivity index (χ4v) is 6.27. The van der Waals surface area contributed by atoms with Gasteiger partial charge in [-0.05, 0) is 18.2 Å². The summed E-state index contributed by atoms with van der Waals surface area (Å²) >= 11 is 0. The van der Waals surface area contributed by atoms with Crippen LogP contribution in [0.5, 0.6) is 28.7 Å². The Morgan fingerprint density at radius 2 is 1.07 bits per heavy atom. The standard InChI is InChI=1S/C33H40O22/c34-6-15-19(39)23(43)26(46)31(52-15)49-7-16-20(40)24(44)27(47)32(53-16)50-8-17-21(41)25(45)28(48)33(54-17)55-30-22(42)18-13(38)4-10(35)5-14(18)51-29(30)9-1-2-11(36)12(37)3-9/h1-5,15-17,19-21,23-28,31-41,43-48H,6-8H2/t15-,16-,17-,19-,20-,21-,23+,24+,25+,26-,27-,28-,31+,32+,33-/m1/s1. The van der Waals surface area contributed by atoms with Crippen LogP contribution in [0.25, 0.3) is 22.3 Å². The average molecular weight is 789 g/mol. The first kappa shape index (κ1) is 40.7. The molecule has 0 saturated carbocycles. The van der Waals surface area contributed by atoms with Crippen molar-refractivity contribution < 1.29 is 104 Å². The fraction of sp³-hybridized carbons (Fsp3) is 0.545. The van der Waals surface area contributed by atoms with Crippen molar-refractivity contribution in [1.29, 1.82) is 0 Å². The third kappa shape index (κ3) is 7.89. The Hall–Kier alpha value is -3.95. The maximum atomic E-state index is 13.7. The van der Waals surface area contributed by atoms with Crippen molar-refractivity contribution in [1.82, 2.24) is 0 Å². The Labute approximate surface area is 307 Å². The van der Waals surface area contributed by atoms with Gasteiger partial charge in [0.1, 0.15) is 95.7 Å². The molecular formula is C33H40O22. The molecule has 3 aromatic rings. The molecule has 2 aromatic carbocycles. The van der Waals surface area contributed by atoms with E-state index in [0.717, 1.165) is 24.3 Å². The van der Waals surface area contributed by atoms with Crippen molar-refractivity contribution in [2.24, 2.45) is 0 Å². The Bertz CT molecular complexity index is 1870. The zero-order valence-corrected chi connectivity index (χ0v) is 28.2. The smallest absolute Gasteiger partial charge is 0.239 e. The molecule has 4 heterocycles. The summed E-state index contributed by atoms with van der Waals surface area (Å²) in [4.78, 5) is 13.7. The van der Waals surface area contributed by atoms with Gasteiger partial charge in [-0.1, -0.05) is 0 Å². The highest BCUT2D eigenvalue weighted by molar-refractivity contribution is 5.88. The van der Waals surface area contributed by atoms with E-state index in [2.05, 4.69) is 0 Å². The van der Waals surface area contributed by atoms with Gasteiger partial charge < -0.3 is 104 Å². The van der Waals surface area contributed by atoms with E-state index in [1.54, 1.807) is 0 Å². The van der Waals surface area contributed by atoms with Crippen molar-refractivity contribution in [2.45, 2.75) is 92.1 Å². The Morgan fingerprint density at radius 3 is 1.62 bits per heavy atom. The van der Waals surface area contributed by atoms with Crippen molar-refractivity contribution in [2.75, 3.05) is 19.8 Å². The van der Waals surface area contributed by atoms with E-state index in [9.17, 15) is 76.3 Å². The molecule has 1 aromatic heterocycles. The molecule has 15 atom stereocenters. The highest BCUT2D eigenvalue weighted by atomic mass is 16.7. The minimum atomic E-state index is -2.08. The molecule has 6 rings (SSSR count). The van der Waals surface area contributed by atoms with Crippen LogP contribution in [0.4, 0.5) is 0 Å². The molecule has 0 radical (unpaired) electrons. The van der Waals surface area contributed by atoms with E-state index in [4.69, 9.17) is 32.8 Å². The molecule has 0 bridgehead atoms. The number of hydrogen-bond acceptors (Lipinski definition) is 22. The second-order valence-corrected chi connectivity index (χ2v) is 13.1. The summed E-state index contributed by atoms with van der Waals surface area (Å²) in [6.45, 7) is -2.22. The maximum absolute atomic E-state index is 13.7. The van der Waals surface area contributed by atoms with Crippen molar-refractivity contribution in [3.63, 3.8) is 0 Å². The molecule has 55 heavy (non-hydrogen) atoms. The number of aliphatic hydroxyl groups excluding tert-OH is 10. The van der Waals surface area contributed by atoms with Crippen molar-refractivity contribution >= 4 is 11.0 Å². The first-order valence-corrected chi connectivity index (χ1v) is 16.7. The van der Waals surface area contributed by atoms with E-state index in [-0.39, 0.29) is 11.1 Å². The quantitative estimate of drug-likeness (QED) is 0.0856. The summed E-state index contributed by atoms with van der Waals surface area (Å²) < 4.78 is 38.8. The van der Waals surface area contributed by atoms with Crippen LogP contribution < -0.4 is 10.2 Å². The molecule has 3 saturated heterocycles. The average Bonchev–Trinajstić information content (AvgIpc) is 3.15. The minimum absolute atomic E-state index is 0.0906. The number of ether oxygens (including phenoxy) is 6. The van der Waals surface area contributed by atoms with Crippen LogP contribution in [-0.4, -0.2) is 183 Å². The molecular weight excluding hydrogens is 748 g/mol. The van der Waals surface area contributed by atoms with Gasteiger partial charge in [-0.15, -0.1) is 0 Å². The summed E-state index contributed by atoms with van der Waals surface area (Å²) in [6.07, 6.45) is -27.0. The van der Waals surface area contributed by atoms with Gasteiger partial charge in [-0.25, -0.2) is 0 Å². The highest BCUT2D eigenvalue weighted by Gasteiger charge is 2.50. The Morgan fingerprint density at radius 1 is 0.564 bits per heavy atom. The van der Waals surface area contributed by atoms with Crippen molar-refractivity contribution in [3.05, 3.63) is 40.6 Å². The number of hydrogen-bond donors (Lipinski definition) is 14. The van der Waals surface area contributed by atoms with E-state index >= 15 is 0 Å². The topological polar surface area (TPSA) is 369 Å². The molecule has 3 aliphatic rings. The number of benzene rings is 2. The molecule has 0 aliphatic carbocycles. The van der Waals surface area contributed by atoms with Gasteiger partial charge in [0.05, 0.1) is 19.8 Å². The number of aromatic hydroxyl groups is 4. The van der Waals surface area contributed by atoms with Crippen LogP contribution in [0.2, 0.25) is 0 Å². The SMILES string of the molecule is O=c1c(O[C@H]2O[C@H](CO[C@H]3O[C@H](CO[C@H]4O[C@H](CO)[C@@H](O)[C@H](O)[C@H]4O)[C@@H](O)[C@H](O)[C@H]3O)[C@@H](O)[C@H](O)[C@H]2O)c(-c2ccc(O)c(O)c2)oc2cc(O)cc(O)c12. The van der Waals surface area contributed by atoms with E-state index in [1.807, 2.05) is 0 Å². The molecule has 3 fully saturated rings. The second-order valence-electron chi connectivity index (χ2n) is 13.1. The van der Waals surface area contributed by atoms with E-state index in [1.165, 1.54) is 6.07 Å². The van der Waals surface area contributed by atoms with Gasteiger partial charge in [0.15, 0.2) is 29.8 Å². The molecule has 304 valence electrons. The minimum Gasteiger partial charge on any atom is -0.508 e. The highest BCUT2D eigenvalue weighted by Crippen LogP contribution is 2.39. The number of fused-ring (bicyclic) bond motifs is 1. The first-order valence-electron chi connectivity index (χ1n) is 16.7. The normalized spacial score (nSPS) is 36.9. The lowest BCUT2D eigenvalue weighted by atomic mass is 9.98. The molecule has 22 nitrogen and oxygen atoms in total. The monoisotopic (exact) mass is 788 g/mol. The summed E-state index contributed by atoms with van der Waals surface area (Å²) in [6, 6.07) is 5.05. The van der Waals surface area contributed by atoms with Crippen LogP contribution in [-0.2, 0) is 23.7 Å². The summed E-state index contributed by atoms with van der Waals surface area (Å²) in [5.41, 5.74) is -1.53.